The summed E-state index contributed by atoms with van der Waals surface area (Å²) >= 11 is 12.8. The van der Waals surface area contributed by atoms with E-state index in [9.17, 15) is 0 Å². The molecule has 0 saturated carbocycles. The van der Waals surface area contributed by atoms with Crippen molar-refractivity contribution < 1.29 is 0 Å². The van der Waals surface area contributed by atoms with Crippen molar-refractivity contribution in [2.75, 3.05) is 11.5 Å². The van der Waals surface area contributed by atoms with Crippen molar-refractivity contribution in [3.8, 4) is 0 Å². The Morgan fingerprint density at radius 2 is 0.636 bits per heavy atom. The molecule has 4 N–H and O–H groups in total. The van der Waals surface area contributed by atoms with Gasteiger partial charge in [-0.25, -0.2) is 0 Å². The molecule has 0 fully saturated rings. The lowest BCUT2D eigenvalue weighted by molar-refractivity contribution is 1.46. The number of nitrogen functional groups attached to an aromatic ring is 2. The van der Waals surface area contributed by atoms with Crippen LogP contribution in [0.1, 0.15) is 0 Å². The Bertz CT molecular complexity index is 1230. The molecule has 2 nitrogen and oxygen atoms in total. The van der Waals surface area contributed by atoms with E-state index in [0.717, 1.165) is 11.4 Å². The molecule has 0 radical (unpaired) electrons. The van der Waals surface area contributed by atoms with E-state index in [-0.39, 0.29) is 0 Å². The van der Waals surface area contributed by atoms with Crippen LogP contribution in [0.2, 0.25) is 0 Å². The maximum Gasteiger partial charge on any atom is 0.0666 e. The van der Waals surface area contributed by atoms with Gasteiger partial charge in [0, 0.05) is 21.2 Å². The minimum Gasteiger partial charge on any atom is -0.399 e. The second kappa shape index (κ2) is 10.9. The Kier molecular flexibility index (Phi) is 7.66. The largest absolute Gasteiger partial charge is 0.399 e. The number of nitrogens with two attached hydrogens (primary N) is 2. The van der Waals surface area contributed by atoms with Crippen molar-refractivity contribution in [1.82, 2.24) is 0 Å². The molecule has 0 aliphatic heterocycles. The third-order valence-corrected chi connectivity index (χ3v) is 12.3. The fraction of sp³-hybridized carbons (Fsp3) is 0. The van der Waals surface area contributed by atoms with Gasteiger partial charge in [0.2, 0.25) is 0 Å². The molecule has 0 bridgehead atoms. The number of hydrogen-bond acceptors (Lipinski definition) is 9. The van der Waals surface area contributed by atoms with E-state index in [1.54, 1.807) is 23.5 Å². The fourth-order valence-corrected chi connectivity index (χ4v) is 11.4. The van der Waals surface area contributed by atoms with Crippen LogP contribution in [-0.2, 0) is 0 Å². The van der Waals surface area contributed by atoms with Gasteiger partial charge in [-0.15, -0.1) is 34.0 Å². The molecule has 5 rings (SSSR count). The summed E-state index contributed by atoms with van der Waals surface area (Å²) in [6.07, 6.45) is 0. The Morgan fingerprint density at radius 3 is 0.939 bits per heavy atom. The van der Waals surface area contributed by atoms with Crippen LogP contribution in [-0.4, -0.2) is 0 Å². The minimum absolute atomic E-state index is 0.799. The molecule has 0 aliphatic rings. The van der Waals surface area contributed by atoms with Gasteiger partial charge in [0.25, 0.3) is 0 Å². The van der Waals surface area contributed by atoms with E-state index >= 15 is 0 Å². The van der Waals surface area contributed by atoms with Crippen molar-refractivity contribution in [2.45, 2.75) is 35.0 Å². The highest BCUT2D eigenvalue weighted by atomic mass is 32.2. The highest BCUT2D eigenvalue weighted by Gasteiger charge is 2.09. The fourth-order valence-electron chi connectivity index (χ4n) is 2.74. The lowest BCUT2D eigenvalue weighted by Gasteiger charge is -1.99. The summed E-state index contributed by atoms with van der Waals surface area (Å²) in [6.45, 7) is 0. The molecule has 0 saturated heterocycles. The summed E-state index contributed by atoms with van der Waals surface area (Å²) in [4.78, 5) is 2.42. The van der Waals surface area contributed by atoms with Crippen LogP contribution in [0, 0.1) is 0 Å². The summed E-state index contributed by atoms with van der Waals surface area (Å²) in [7, 11) is 0. The summed E-state index contributed by atoms with van der Waals surface area (Å²) in [5.74, 6) is 0. The van der Waals surface area contributed by atoms with Crippen LogP contribution in [0.3, 0.4) is 0 Å². The van der Waals surface area contributed by atoms with Gasteiger partial charge in [0.15, 0.2) is 0 Å². The first-order valence-electron chi connectivity index (χ1n) is 9.81. The molecule has 3 heterocycles. The van der Waals surface area contributed by atoms with Gasteiger partial charge in [-0.05, 0) is 84.9 Å². The first-order chi connectivity index (χ1) is 16.1. The topological polar surface area (TPSA) is 52.0 Å². The Balaban J connectivity index is 1.17. The van der Waals surface area contributed by atoms with Crippen LogP contribution in [0.15, 0.2) is 120 Å². The van der Waals surface area contributed by atoms with E-state index in [2.05, 4.69) is 60.7 Å². The smallest absolute Gasteiger partial charge is 0.0666 e. The molecule has 2 aromatic carbocycles. The van der Waals surface area contributed by atoms with E-state index in [1.807, 2.05) is 81.8 Å². The van der Waals surface area contributed by atoms with Crippen LogP contribution >= 0.6 is 81.1 Å². The van der Waals surface area contributed by atoms with Gasteiger partial charge in [0.1, 0.15) is 0 Å². The molecule has 9 heteroatoms. The number of benzene rings is 2. The molecule has 166 valence electrons. The SMILES string of the molecule is Nc1ccc(Sc2ccc(Sc3ccc(Sc4ccc(Sc5ccc(N)cc5)s4)s3)s2)cc1. The Hall–Kier alpha value is -1.46. The van der Waals surface area contributed by atoms with Crippen molar-refractivity contribution in [2.24, 2.45) is 0 Å². The van der Waals surface area contributed by atoms with Gasteiger partial charge >= 0.3 is 0 Å². The highest BCUT2D eigenvalue weighted by molar-refractivity contribution is 8.06. The Labute approximate surface area is 222 Å². The van der Waals surface area contributed by atoms with Gasteiger partial charge in [-0.1, -0.05) is 47.0 Å². The Morgan fingerprint density at radius 1 is 0.364 bits per heavy atom. The van der Waals surface area contributed by atoms with Gasteiger partial charge in [0.05, 0.1) is 25.3 Å². The maximum atomic E-state index is 5.78. The number of hydrogen-bond donors (Lipinski definition) is 2. The molecular weight excluding hydrogens is 541 g/mol. The van der Waals surface area contributed by atoms with Crippen molar-refractivity contribution in [1.29, 1.82) is 0 Å². The molecule has 0 atom stereocenters. The predicted molar refractivity (Wildman–Crippen MR) is 151 cm³/mol. The van der Waals surface area contributed by atoms with Crippen LogP contribution in [0.4, 0.5) is 11.4 Å². The summed E-state index contributed by atoms with van der Waals surface area (Å²) in [5.41, 5.74) is 13.2. The third-order valence-electron chi connectivity index (χ3n) is 4.27. The van der Waals surface area contributed by atoms with E-state index < -0.39 is 0 Å². The lowest BCUT2D eigenvalue weighted by Crippen LogP contribution is -1.81. The average molecular weight is 559 g/mol. The lowest BCUT2D eigenvalue weighted by atomic mass is 10.3. The maximum absolute atomic E-state index is 5.78. The number of anilines is 2. The minimum atomic E-state index is 0.799. The summed E-state index contributed by atoms with van der Waals surface area (Å²) in [5, 5.41) is 0. The summed E-state index contributed by atoms with van der Waals surface area (Å²) < 4.78 is 7.83. The van der Waals surface area contributed by atoms with Crippen LogP contribution in [0.5, 0.6) is 0 Å². The number of thiophene rings is 3. The third kappa shape index (κ3) is 6.57. The van der Waals surface area contributed by atoms with Gasteiger partial charge < -0.3 is 11.5 Å². The quantitative estimate of drug-likeness (QED) is 0.185. The number of rotatable bonds is 8. The highest BCUT2D eigenvalue weighted by Crippen LogP contribution is 2.46. The zero-order valence-electron chi connectivity index (χ0n) is 17.1. The monoisotopic (exact) mass is 558 g/mol. The molecule has 0 unspecified atom stereocenters. The molecule has 5 aromatic rings. The average Bonchev–Trinajstić information content (AvgIpc) is 3.55. The molecule has 3 aromatic heterocycles. The normalized spacial score (nSPS) is 11.2. The predicted octanol–water partition coefficient (Wildman–Crippen LogP) is 9.64. The second-order valence-electron chi connectivity index (χ2n) is 6.77. The van der Waals surface area contributed by atoms with Crippen LogP contribution < -0.4 is 11.5 Å². The first-order valence-corrected chi connectivity index (χ1v) is 15.5. The van der Waals surface area contributed by atoms with Crippen molar-refractivity contribution in [3.63, 3.8) is 0 Å². The molecular formula is C24H18N2S7. The zero-order chi connectivity index (χ0) is 22.6. The summed E-state index contributed by atoms with van der Waals surface area (Å²) in [6, 6.07) is 29.3. The van der Waals surface area contributed by atoms with E-state index in [0.29, 0.717) is 0 Å². The molecule has 0 spiro atoms. The second-order valence-corrected chi connectivity index (χ2v) is 16.0. The van der Waals surface area contributed by atoms with E-state index in [4.69, 9.17) is 11.5 Å². The van der Waals surface area contributed by atoms with Crippen molar-refractivity contribution >= 4 is 92.4 Å². The van der Waals surface area contributed by atoms with Crippen molar-refractivity contribution in [3.05, 3.63) is 84.9 Å². The van der Waals surface area contributed by atoms with Crippen LogP contribution in [0.25, 0.3) is 0 Å². The first kappa shape index (κ1) is 23.3. The zero-order valence-corrected chi connectivity index (χ0v) is 22.8. The van der Waals surface area contributed by atoms with Gasteiger partial charge in [-0.2, -0.15) is 0 Å². The molecule has 0 aliphatic carbocycles. The van der Waals surface area contributed by atoms with E-state index in [1.165, 1.54) is 35.0 Å². The molecule has 0 amide bonds. The standard InChI is InChI=1S/C24H18N2S7/c25-15-1-5-17(6-2-15)27-19-9-11-21(29-19)31-23-13-14-24(33-23)32-22-12-10-20(30-22)28-18-7-3-16(26)4-8-18/h1-14H,25-26H2. The molecule has 33 heavy (non-hydrogen) atoms. The van der Waals surface area contributed by atoms with Gasteiger partial charge in [-0.3, -0.25) is 0 Å².